The number of morpholine rings is 1. The number of fused-ring (bicyclic) bond motifs is 2. The Bertz CT molecular complexity index is 1170. The van der Waals surface area contributed by atoms with E-state index in [1.54, 1.807) is 6.07 Å². The molecular weight excluding hydrogens is 439 g/mol. The first-order valence-electron chi connectivity index (χ1n) is 11.7. The minimum absolute atomic E-state index is 0.151. The third kappa shape index (κ3) is 4.26. The summed E-state index contributed by atoms with van der Waals surface area (Å²) in [5.41, 5.74) is 5.32. The van der Waals surface area contributed by atoms with Gasteiger partial charge in [-0.3, -0.25) is 14.5 Å². The molecule has 2 aromatic rings. The van der Waals surface area contributed by atoms with Gasteiger partial charge in [0, 0.05) is 48.8 Å². The van der Waals surface area contributed by atoms with Crippen molar-refractivity contribution in [3.63, 3.8) is 0 Å². The number of aliphatic hydroxyl groups excluding tert-OH is 1. The number of nitrogens with one attached hydrogen (secondary N) is 3. The van der Waals surface area contributed by atoms with Gasteiger partial charge in [0.2, 0.25) is 0 Å². The Morgan fingerprint density at radius 3 is 2.88 bits per heavy atom. The predicted molar refractivity (Wildman–Crippen MR) is 126 cm³/mol. The number of allylic oxidation sites excluding steroid dienone is 1. The molecule has 3 aliphatic rings. The number of nitrogens with zero attached hydrogens (tertiary/aromatic N) is 1. The maximum absolute atomic E-state index is 13.9. The van der Waals surface area contributed by atoms with E-state index in [1.807, 2.05) is 6.92 Å². The van der Waals surface area contributed by atoms with E-state index in [-0.39, 0.29) is 18.4 Å². The second-order valence-electron chi connectivity index (χ2n) is 9.11. The van der Waals surface area contributed by atoms with E-state index in [2.05, 4.69) is 20.5 Å². The fourth-order valence-electron chi connectivity index (χ4n) is 5.19. The van der Waals surface area contributed by atoms with Crippen molar-refractivity contribution >= 4 is 28.6 Å². The molecule has 1 aromatic carbocycles. The normalized spacial score (nSPS) is 21.1. The fourth-order valence-corrected chi connectivity index (χ4v) is 5.19. The lowest BCUT2D eigenvalue weighted by molar-refractivity contribution is -0.110. The highest BCUT2D eigenvalue weighted by molar-refractivity contribution is 6.36. The molecule has 1 unspecified atom stereocenters. The van der Waals surface area contributed by atoms with Crippen LogP contribution in [0.15, 0.2) is 18.2 Å². The van der Waals surface area contributed by atoms with Crippen LogP contribution < -0.4 is 10.6 Å². The molecule has 1 aromatic heterocycles. The minimum Gasteiger partial charge on any atom is -0.390 e. The third-order valence-corrected chi connectivity index (χ3v) is 6.77. The summed E-state index contributed by atoms with van der Waals surface area (Å²) >= 11 is 0. The molecule has 3 heterocycles. The summed E-state index contributed by atoms with van der Waals surface area (Å²) in [7, 11) is 0. The van der Waals surface area contributed by atoms with Gasteiger partial charge in [-0.05, 0) is 55.5 Å². The Kier molecular flexibility index (Phi) is 6.24. The molecule has 0 saturated carbocycles. The zero-order chi connectivity index (χ0) is 23.8. The van der Waals surface area contributed by atoms with E-state index in [0.29, 0.717) is 60.7 Å². The number of H-pyrrole nitrogens is 1. The second-order valence-corrected chi connectivity index (χ2v) is 9.11. The van der Waals surface area contributed by atoms with Gasteiger partial charge in [-0.25, -0.2) is 4.39 Å². The van der Waals surface area contributed by atoms with Crippen LogP contribution in [0.3, 0.4) is 0 Å². The Balaban J connectivity index is 1.38. The number of rotatable bonds is 5. The largest absolute Gasteiger partial charge is 0.390 e. The first-order chi connectivity index (χ1) is 16.4. The summed E-state index contributed by atoms with van der Waals surface area (Å²) < 4.78 is 19.3. The molecule has 1 aliphatic carbocycles. The summed E-state index contributed by atoms with van der Waals surface area (Å²) in [6.07, 6.45) is 1.46. The maximum Gasteiger partial charge on any atom is 0.256 e. The van der Waals surface area contributed by atoms with Gasteiger partial charge < -0.3 is 25.5 Å². The van der Waals surface area contributed by atoms with Gasteiger partial charge >= 0.3 is 0 Å². The summed E-state index contributed by atoms with van der Waals surface area (Å²) in [4.78, 5) is 31.3. The molecule has 0 spiro atoms. The van der Waals surface area contributed by atoms with Gasteiger partial charge in [-0.15, -0.1) is 0 Å². The highest BCUT2D eigenvalue weighted by Crippen LogP contribution is 2.43. The van der Waals surface area contributed by atoms with Gasteiger partial charge in [0.15, 0.2) is 0 Å². The van der Waals surface area contributed by atoms with Crippen LogP contribution in [-0.2, 0) is 16.0 Å². The zero-order valence-electron chi connectivity index (χ0n) is 19.2. The lowest BCUT2D eigenvalue weighted by Crippen LogP contribution is -2.44. The topological polar surface area (TPSA) is 107 Å². The predicted octanol–water partition coefficient (Wildman–Crippen LogP) is 2.08. The zero-order valence-corrected chi connectivity index (χ0v) is 19.2. The van der Waals surface area contributed by atoms with E-state index in [4.69, 9.17) is 4.74 Å². The SMILES string of the molecule is Cc1[nH]c2c(c1C(=O)NCC(O)CN1CCOCC1)CCC/C2=C1/C(=O)Nc2ccc(F)cc21. The average molecular weight is 469 g/mol. The molecule has 9 heteroatoms. The molecule has 1 saturated heterocycles. The van der Waals surface area contributed by atoms with E-state index in [9.17, 15) is 19.1 Å². The summed E-state index contributed by atoms with van der Waals surface area (Å²) in [6, 6.07) is 4.28. The van der Waals surface area contributed by atoms with Crippen molar-refractivity contribution in [3.8, 4) is 0 Å². The lowest BCUT2D eigenvalue weighted by atomic mass is 9.86. The van der Waals surface area contributed by atoms with Gasteiger partial charge in [-0.2, -0.15) is 0 Å². The van der Waals surface area contributed by atoms with E-state index in [1.165, 1.54) is 12.1 Å². The molecular formula is C25H29FN4O4. The quantitative estimate of drug-likeness (QED) is 0.503. The molecule has 180 valence electrons. The number of hydrogen-bond acceptors (Lipinski definition) is 5. The number of hydrogen-bond donors (Lipinski definition) is 4. The number of aryl methyl sites for hydroxylation is 1. The molecule has 34 heavy (non-hydrogen) atoms. The van der Waals surface area contributed by atoms with Crippen molar-refractivity contribution < 1.29 is 23.8 Å². The summed E-state index contributed by atoms with van der Waals surface area (Å²) in [6.45, 7) is 5.32. The standard InChI is InChI=1S/C25H29FN4O4/c1-14-21(24(32)27-12-16(31)13-30-7-9-34-10-8-30)17-3-2-4-18(23(17)28-14)22-19-11-15(26)5-6-20(19)29-25(22)33/h5-6,11,16,28,31H,2-4,7-10,12-13H2,1H3,(H,27,32)(H,29,33)/b22-18-. The molecule has 0 bridgehead atoms. The van der Waals surface area contributed by atoms with Crippen LogP contribution in [0.2, 0.25) is 0 Å². The molecule has 0 radical (unpaired) electrons. The number of benzene rings is 1. The van der Waals surface area contributed by atoms with Crippen LogP contribution in [0.25, 0.3) is 11.1 Å². The number of ether oxygens (including phenoxy) is 1. The Morgan fingerprint density at radius 1 is 1.29 bits per heavy atom. The van der Waals surface area contributed by atoms with Crippen molar-refractivity contribution in [1.82, 2.24) is 15.2 Å². The molecule has 5 rings (SSSR count). The van der Waals surface area contributed by atoms with Crippen LogP contribution in [0.1, 0.15) is 45.7 Å². The number of halogens is 1. The van der Waals surface area contributed by atoms with Gasteiger partial charge in [0.25, 0.3) is 11.8 Å². The average Bonchev–Trinajstić information content (AvgIpc) is 3.33. The van der Waals surface area contributed by atoms with Crippen molar-refractivity contribution in [1.29, 1.82) is 0 Å². The number of carbonyl (C=O) groups excluding carboxylic acids is 2. The second kappa shape index (κ2) is 9.32. The number of aliphatic hydroxyl groups is 1. The Labute approximate surface area is 197 Å². The van der Waals surface area contributed by atoms with E-state index in [0.717, 1.165) is 36.3 Å². The smallest absolute Gasteiger partial charge is 0.256 e. The highest BCUT2D eigenvalue weighted by atomic mass is 19.1. The van der Waals surface area contributed by atoms with Gasteiger partial charge in [-0.1, -0.05) is 0 Å². The number of aromatic nitrogens is 1. The fraction of sp³-hybridized carbons (Fsp3) is 0.440. The molecule has 8 nitrogen and oxygen atoms in total. The van der Waals surface area contributed by atoms with Gasteiger partial charge in [0.05, 0.1) is 30.5 Å². The van der Waals surface area contributed by atoms with Crippen molar-refractivity contribution in [2.45, 2.75) is 32.3 Å². The molecule has 4 N–H and O–H groups in total. The van der Waals surface area contributed by atoms with Crippen LogP contribution >= 0.6 is 0 Å². The van der Waals surface area contributed by atoms with Crippen LogP contribution in [0, 0.1) is 12.7 Å². The number of amides is 2. The molecule has 2 amide bonds. The van der Waals surface area contributed by atoms with Crippen LogP contribution in [-0.4, -0.2) is 72.3 Å². The minimum atomic E-state index is -0.677. The first kappa shape index (κ1) is 22.8. The number of anilines is 1. The van der Waals surface area contributed by atoms with E-state index < -0.39 is 11.9 Å². The van der Waals surface area contributed by atoms with Gasteiger partial charge in [0.1, 0.15) is 5.82 Å². The summed E-state index contributed by atoms with van der Waals surface area (Å²) in [5, 5.41) is 16.1. The van der Waals surface area contributed by atoms with Crippen molar-refractivity contribution in [2.24, 2.45) is 0 Å². The lowest BCUT2D eigenvalue weighted by Gasteiger charge is -2.28. The van der Waals surface area contributed by atoms with Crippen molar-refractivity contribution in [3.05, 3.63) is 52.1 Å². The Morgan fingerprint density at radius 2 is 2.09 bits per heavy atom. The molecule has 1 fully saturated rings. The Hall–Kier alpha value is -3.01. The number of β-amino-alcohol motifs (C(OH)–C–C–N with tert-alkyl or cyclic N) is 1. The molecule has 1 atom stereocenters. The number of aromatic amines is 1. The molecule has 2 aliphatic heterocycles. The van der Waals surface area contributed by atoms with E-state index >= 15 is 0 Å². The monoisotopic (exact) mass is 468 g/mol. The van der Waals surface area contributed by atoms with Crippen molar-refractivity contribution in [2.75, 3.05) is 44.7 Å². The van der Waals surface area contributed by atoms with Crippen LogP contribution in [0.4, 0.5) is 10.1 Å². The number of carbonyl (C=O) groups is 2. The maximum atomic E-state index is 13.9. The third-order valence-electron chi connectivity index (χ3n) is 6.77. The highest BCUT2D eigenvalue weighted by Gasteiger charge is 2.33. The van der Waals surface area contributed by atoms with Crippen LogP contribution in [0.5, 0.6) is 0 Å². The summed E-state index contributed by atoms with van der Waals surface area (Å²) in [5.74, 6) is -0.903. The first-order valence-corrected chi connectivity index (χ1v) is 11.7.